The van der Waals surface area contributed by atoms with Crippen LogP contribution in [0.3, 0.4) is 0 Å². The van der Waals surface area contributed by atoms with E-state index >= 15 is 0 Å². The van der Waals surface area contributed by atoms with Crippen LogP contribution in [0.4, 0.5) is 0 Å². The molecule has 16 heavy (non-hydrogen) atoms. The number of hydrogen-bond acceptors (Lipinski definition) is 3. The lowest BCUT2D eigenvalue weighted by molar-refractivity contribution is -0.133. The molecule has 0 fully saturated rings. The number of rotatable bonds is 5. The van der Waals surface area contributed by atoms with Crippen LogP contribution in [-0.4, -0.2) is 28.7 Å². The van der Waals surface area contributed by atoms with Crippen molar-refractivity contribution in [3.63, 3.8) is 0 Å². The average Bonchev–Trinajstić information content (AvgIpc) is 1.99. The molecule has 0 spiro atoms. The molecule has 0 radical (unpaired) electrons. The van der Waals surface area contributed by atoms with Crippen LogP contribution in [-0.2, 0) is 4.79 Å². The van der Waals surface area contributed by atoms with Crippen molar-refractivity contribution in [2.75, 3.05) is 0 Å². The lowest BCUT2D eigenvalue weighted by atomic mass is 9.74. The first-order valence-corrected chi connectivity index (χ1v) is 5.76. The molecule has 0 aromatic heterocycles. The Kier molecular flexibility index (Phi) is 4.95. The highest BCUT2D eigenvalue weighted by Crippen LogP contribution is 2.28. The predicted molar refractivity (Wildman–Crippen MR) is 65.9 cm³/mol. The van der Waals surface area contributed by atoms with Crippen LogP contribution in [0.15, 0.2) is 0 Å². The Bertz CT molecular complexity index is 242. The average molecular weight is 230 g/mol. The van der Waals surface area contributed by atoms with Gasteiger partial charge in [0.15, 0.2) is 0 Å². The van der Waals surface area contributed by atoms with E-state index in [-0.39, 0.29) is 11.9 Å². The van der Waals surface area contributed by atoms with Gasteiger partial charge in [0.2, 0.25) is 5.91 Å². The largest absolute Gasteiger partial charge is 0.393 e. The van der Waals surface area contributed by atoms with Crippen LogP contribution in [0.25, 0.3) is 0 Å². The molecule has 0 aliphatic heterocycles. The third kappa shape index (κ3) is 4.10. The fraction of sp³-hybridized carbons (Fsp3) is 0.917. The normalized spacial score (nSPS) is 16.8. The highest BCUT2D eigenvalue weighted by molar-refractivity contribution is 5.83. The molecule has 2 atom stereocenters. The number of nitrogens with one attached hydrogen (secondary N) is 1. The summed E-state index contributed by atoms with van der Waals surface area (Å²) >= 11 is 0. The second kappa shape index (κ2) is 5.15. The molecule has 4 heteroatoms. The summed E-state index contributed by atoms with van der Waals surface area (Å²) in [6.07, 6.45) is 0.136. The topological polar surface area (TPSA) is 75.3 Å². The summed E-state index contributed by atoms with van der Waals surface area (Å²) < 4.78 is 0. The number of carbonyl (C=O) groups is 1. The lowest BCUT2D eigenvalue weighted by Crippen LogP contribution is -2.56. The molecule has 0 saturated heterocycles. The SMILES string of the molecule is CC(O)CC(C)NC(=O)C(C)(C)C(C)(C)N. The molecule has 0 aromatic carbocycles. The second-order valence-electron chi connectivity index (χ2n) is 5.81. The van der Waals surface area contributed by atoms with E-state index in [0.717, 1.165) is 0 Å². The molecule has 1 amide bonds. The summed E-state index contributed by atoms with van der Waals surface area (Å²) in [5.41, 5.74) is 4.76. The van der Waals surface area contributed by atoms with Gasteiger partial charge in [-0.15, -0.1) is 0 Å². The number of hydrogen-bond donors (Lipinski definition) is 3. The minimum atomic E-state index is -0.639. The van der Waals surface area contributed by atoms with Gasteiger partial charge in [-0.2, -0.15) is 0 Å². The summed E-state index contributed by atoms with van der Waals surface area (Å²) in [7, 11) is 0. The lowest BCUT2D eigenvalue weighted by Gasteiger charge is -2.37. The van der Waals surface area contributed by atoms with Crippen LogP contribution >= 0.6 is 0 Å². The Morgan fingerprint density at radius 2 is 1.75 bits per heavy atom. The number of amides is 1. The molecule has 0 aromatic rings. The predicted octanol–water partition coefficient (Wildman–Crippen LogP) is 1.03. The molecule has 96 valence electrons. The molecule has 0 heterocycles. The van der Waals surface area contributed by atoms with Crippen molar-refractivity contribution in [3.05, 3.63) is 0 Å². The van der Waals surface area contributed by atoms with Crippen LogP contribution in [0, 0.1) is 5.41 Å². The van der Waals surface area contributed by atoms with Crippen molar-refractivity contribution in [1.29, 1.82) is 0 Å². The van der Waals surface area contributed by atoms with Crippen LogP contribution in [0.2, 0.25) is 0 Å². The van der Waals surface area contributed by atoms with Gasteiger partial charge in [0.1, 0.15) is 0 Å². The maximum Gasteiger partial charge on any atom is 0.227 e. The molecule has 4 N–H and O–H groups in total. The van der Waals surface area contributed by atoms with Crippen LogP contribution < -0.4 is 11.1 Å². The molecular formula is C12H26N2O2. The van der Waals surface area contributed by atoms with E-state index in [2.05, 4.69) is 5.32 Å². The number of nitrogens with two attached hydrogens (primary N) is 1. The summed E-state index contributed by atoms with van der Waals surface area (Å²) in [6.45, 7) is 10.9. The van der Waals surface area contributed by atoms with Crippen LogP contribution in [0.5, 0.6) is 0 Å². The summed E-state index contributed by atoms with van der Waals surface area (Å²) in [6, 6.07) is -0.0471. The van der Waals surface area contributed by atoms with E-state index in [1.165, 1.54) is 0 Å². The smallest absolute Gasteiger partial charge is 0.227 e. The van der Waals surface area contributed by atoms with E-state index in [0.29, 0.717) is 6.42 Å². The van der Waals surface area contributed by atoms with Gasteiger partial charge < -0.3 is 16.2 Å². The molecule has 0 saturated carbocycles. The number of aliphatic hydroxyl groups excluding tert-OH is 1. The number of carbonyl (C=O) groups excluding carboxylic acids is 1. The molecule has 0 aliphatic rings. The third-order valence-electron chi connectivity index (χ3n) is 3.25. The number of aliphatic hydroxyl groups is 1. The quantitative estimate of drug-likeness (QED) is 0.660. The first-order valence-electron chi connectivity index (χ1n) is 5.76. The fourth-order valence-electron chi connectivity index (χ4n) is 1.27. The maximum absolute atomic E-state index is 12.0. The molecule has 0 rings (SSSR count). The molecule has 4 nitrogen and oxygen atoms in total. The first-order chi connectivity index (χ1) is 6.98. The minimum Gasteiger partial charge on any atom is -0.393 e. The van der Waals surface area contributed by atoms with Gasteiger partial charge in [-0.3, -0.25) is 4.79 Å². The Labute approximate surface area is 98.6 Å². The highest BCUT2D eigenvalue weighted by Gasteiger charge is 2.40. The van der Waals surface area contributed by atoms with E-state index < -0.39 is 17.1 Å². The Morgan fingerprint density at radius 1 is 1.31 bits per heavy atom. The summed E-state index contributed by atoms with van der Waals surface area (Å²) in [4.78, 5) is 12.0. The Morgan fingerprint density at radius 3 is 2.06 bits per heavy atom. The highest BCUT2D eigenvalue weighted by atomic mass is 16.3. The second-order valence-corrected chi connectivity index (χ2v) is 5.81. The van der Waals surface area contributed by atoms with Crippen molar-refractivity contribution < 1.29 is 9.90 Å². The molecule has 0 bridgehead atoms. The first kappa shape index (κ1) is 15.4. The summed E-state index contributed by atoms with van der Waals surface area (Å²) in [5, 5.41) is 12.1. The Hall–Kier alpha value is -0.610. The maximum atomic E-state index is 12.0. The fourth-order valence-corrected chi connectivity index (χ4v) is 1.27. The van der Waals surface area contributed by atoms with Gasteiger partial charge in [0.25, 0.3) is 0 Å². The zero-order valence-electron chi connectivity index (χ0n) is 11.3. The van der Waals surface area contributed by atoms with E-state index in [9.17, 15) is 9.90 Å². The monoisotopic (exact) mass is 230 g/mol. The standard InChI is InChI=1S/C12H26N2O2/c1-8(7-9(2)15)14-10(16)11(3,4)12(5,6)13/h8-9,15H,7,13H2,1-6H3,(H,14,16). The van der Waals surface area contributed by atoms with Gasteiger partial charge in [-0.25, -0.2) is 0 Å². The van der Waals surface area contributed by atoms with Crippen molar-refractivity contribution in [2.24, 2.45) is 11.1 Å². The van der Waals surface area contributed by atoms with E-state index in [4.69, 9.17) is 5.73 Å². The van der Waals surface area contributed by atoms with Crippen molar-refractivity contribution in [3.8, 4) is 0 Å². The van der Waals surface area contributed by atoms with Crippen molar-refractivity contribution in [2.45, 2.75) is 65.6 Å². The third-order valence-corrected chi connectivity index (χ3v) is 3.25. The van der Waals surface area contributed by atoms with Gasteiger partial charge in [-0.1, -0.05) is 0 Å². The Balaban J connectivity index is 4.47. The van der Waals surface area contributed by atoms with Crippen molar-refractivity contribution >= 4 is 5.91 Å². The van der Waals surface area contributed by atoms with E-state index in [1.807, 2.05) is 34.6 Å². The van der Waals surface area contributed by atoms with E-state index in [1.54, 1.807) is 6.92 Å². The zero-order chi connectivity index (χ0) is 13.1. The molecular weight excluding hydrogens is 204 g/mol. The van der Waals surface area contributed by atoms with Gasteiger partial charge >= 0.3 is 0 Å². The van der Waals surface area contributed by atoms with Gasteiger partial charge in [0.05, 0.1) is 11.5 Å². The van der Waals surface area contributed by atoms with Gasteiger partial charge in [0, 0.05) is 11.6 Å². The minimum absolute atomic E-state index is 0.0471. The summed E-state index contributed by atoms with van der Waals surface area (Å²) in [5.74, 6) is -0.0758. The molecule has 0 aliphatic carbocycles. The molecule has 2 unspecified atom stereocenters. The van der Waals surface area contributed by atoms with Crippen LogP contribution in [0.1, 0.15) is 48.0 Å². The van der Waals surface area contributed by atoms with Crippen molar-refractivity contribution in [1.82, 2.24) is 5.32 Å². The zero-order valence-corrected chi connectivity index (χ0v) is 11.3. The van der Waals surface area contributed by atoms with Gasteiger partial charge in [-0.05, 0) is 48.0 Å².